The minimum atomic E-state index is -3.57. The van der Waals surface area contributed by atoms with E-state index in [1.807, 2.05) is 0 Å². The molecule has 2 rings (SSSR count). The summed E-state index contributed by atoms with van der Waals surface area (Å²) in [5.41, 5.74) is -0.718. The molecule has 1 atom stereocenters. The van der Waals surface area contributed by atoms with Gasteiger partial charge in [0.1, 0.15) is 10.6 Å². The average molecular weight is 299 g/mol. The summed E-state index contributed by atoms with van der Waals surface area (Å²) < 4.78 is 36.8. The maximum atomic E-state index is 14.0. The van der Waals surface area contributed by atoms with E-state index >= 15 is 0 Å². The van der Waals surface area contributed by atoms with Gasteiger partial charge in [-0.05, 0) is 33.3 Å². The zero-order valence-corrected chi connectivity index (χ0v) is 12.6. The van der Waals surface area contributed by atoms with E-state index in [2.05, 4.69) is 5.32 Å². The van der Waals surface area contributed by atoms with Crippen molar-refractivity contribution < 1.29 is 17.6 Å². The molecular weight excluding hydrogens is 281 g/mol. The summed E-state index contributed by atoms with van der Waals surface area (Å²) in [6, 6.07) is 6.10. The van der Waals surface area contributed by atoms with Crippen molar-refractivity contribution in [1.82, 2.24) is 5.32 Å². The SMILES string of the molecule is CC1(C)C(=O)N[C@](C)(c2ccccc2F)CCS1(=O)=O. The van der Waals surface area contributed by atoms with Gasteiger partial charge in [0.05, 0.1) is 11.3 Å². The Morgan fingerprint density at radius 1 is 1.20 bits per heavy atom. The van der Waals surface area contributed by atoms with Crippen LogP contribution < -0.4 is 5.32 Å². The molecule has 1 amide bonds. The minimum absolute atomic E-state index is 0.144. The molecule has 1 aromatic carbocycles. The highest BCUT2D eigenvalue weighted by molar-refractivity contribution is 7.93. The summed E-state index contributed by atoms with van der Waals surface area (Å²) in [6.07, 6.45) is 0.144. The number of sulfone groups is 1. The van der Waals surface area contributed by atoms with Crippen LogP contribution >= 0.6 is 0 Å². The van der Waals surface area contributed by atoms with Gasteiger partial charge in [-0.2, -0.15) is 0 Å². The minimum Gasteiger partial charge on any atom is -0.345 e. The number of carbonyl (C=O) groups is 1. The van der Waals surface area contributed by atoms with Gasteiger partial charge >= 0.3 is 0 Å². The lowest BCUT2D eigenvalue weighted by atomic mass is 9.88. The fourth-order valence-corrected chi connectivity index (χ4v) is 3.83. The van der Waals surface area contributed by atoms with Crippen molar-refractivity contribution in [3.8, 4) is 0 Å². The Kier molecular flexibility index (Phi) is 3.40. The lowest BCUT2D eigenvalue weighted by Crippen LogP contribution is -2.51. The third kappa shape index (κ3) is 2.22. The molecule has 1 saturated heterocycles. The lowest BCUT2D eigenvalue weighted by molar-refractivity contribution is -0.124. The lowest BCUT2D eigenvalue weighted by Gasteiger charge is -2.30. The Hall–Kier alpha value is -1.43. The number of benzene rings is 1. The van der Waals surface area contributed by atoms with E-state index in [0.717, 1.165) is 0 Å². The normalized spacial score (nSPS) is 28.5. The Balaban J connectivity index is 2.52. The first-order valence-corrected chi connectivity index (χ1v) is 8.05. The van der Waals surface area contributed by atoms with Gasteiger partial charge in [0.15, 0.2) is 9.84 Å². The molecule has 0 radical (unpaired) electrons. The van der Waals surface area contributed by atoms with Gasteiger partial charge in [-0.25, -0.2) is 12.8 Å². The zero-order chi connectivity index (χ0) is 15.2. The topological polar surface area (TPSA) is 63.2 Å². The molecule has 6 heteroatoms. The molecule has 1 aliphatic heterocycles. The summed E-state index contributed by atoms with van der Waals surface area (Å²) in [6.45, 7) is 4.41. The van der Waals surface area contributed by atoms with Crippen molar-refractivity contribution >= 4 is 15.7 Å². The van der Waals surface area contributed by atoms with Crippen LogP contribution in [0.25, 0.3) is 0 Å². The zero-order valence-electron chi connectivity index (χ0n) is 11.7. The number of halogens is 1. The second-order valence-electron chi connectivity index (χ2n) is 5.85. The van der Waals surface area contributed by atoms with E-state index in [4.69, 9.17) is 0 Å². The Bertz CT molecular complexity index is 654. The first-order valence-electron chi connectivity index (χ1n) is 6.40. The van der Waals surface area contributed by atoms with Gasteiger partial charge in [-0.15, -0.1) is 0 Å². The average Bonchev–Trinajstić information content (AvgIpc) is 2.41. The molecule has 1 aromatic rings. The smallest absolute Gasteiger partial charge is 0.241 e. The van der Waals surface area contributed by atoms with Crippen molar-refractivity contribution in [2.24, 2.45) is 0 Å². The second kappa shape index (κ2) is 4.55. The summed E-state index contributed by atoms with van der Waals surface area (Å²) >= 11 is 0. The molecule has 4 nitrogen and oxygen atoms in total. The van der Waals surface area contributed by atoms with E-state index in [1.54, 1.807) is 25.1 Å². The Morgan fingerprint density at radius 2 is 1.80 bits per heavy atom. The van der Waals surface area contributed by atoms with Crippen LogP contribution in [0.5, 0.6) is 0 Å². The van der Waals surface area contributed by atoms with Crippen LogP contribution in [0.1, 0.15) is 32.8 Å². The van der Waals surface area contributed by atoms with Crippen LogP contribution in [-0.4, -0.2) is 24.8 Å². The van der Waals surface area contributed by atoms with Gasteiger partial charge in [-0.3, -0.25) is 4.79 Å². The van der Waals surface area contributed by atoms with E-state index in [0.29, 0.717) is 5.56 Å². The van der Waals surface area contributed by atoms with E-state index < -0.39 is 31.8 Å². The first-order chi connectivity index (χ1) is 9.10. The highest BCUT2D eigenvalue weighted by Crippen LogP contribution is 2.33. The molecule has 0 aromatic heterocycles. The summed E-state index contributed by atoms with van der Waals surface area (Å²) in [5, 5.41) is 2.70. The number of amides is 1. The van der Waals surface area contributed by atoms with Crippen LogP contribution in [0, 0.1) is 5.82 Å². The fourth-order valence-electron chi connectivity index (χ4n) is 2.31. The molecule has 0 bridgehead atoms. The largest absolute Gasteiger partial charge is 0.345 e. The Labute approximate surface area is 118 Å². The summed E-state index contributed by atoms with van der Waals surface area (Å²) in [7, 11) is -3.57. The van der Waals surface area contributed by atoms with Gasteiger partial charge < -0.3 is 5.32 Å². The molecule has 1 N–H and O–H groups in total. The third-order valence-corrected chi connectivity index (χ3v) is 6.53. The molecule has 1 fully saturated rings. The molecule has 0 spiro atoms. The molecule has 110 valence electrons. The number of hydrogen-bond acceptors (Lipinski definition) is 3. The van der Waals surface area contributed by atoms with E-state index in [1.165, 1.54) is 19.9 Å². The van der Waals surface area contributed by atoms with Crippen molar-refractivity contribution in [2.45, 2.75) is 37.5 Å². The standard InChI is InChI=1S/C14H18FNO3S/c1-13(2)12(17)16-14(3,8-9-20(13,18)19)10-6-4-5-7-11(10)15/h4-7H,8-9H2,1-3H3,(H,16,17)/t14-/m0/s1. The molecule has 1 heterocycles. The number of hydrogen-bond donors (Lipinski definition) is 1. The highest BCUT2D eigenvalue weighted by Gasteiger charge is 2.48. The maximum absolute atomic E-state index is 14.0. The van der Waals surface area contributed by atoms with Gasteiger partial charge in [0.2, 0.25) is 5.91 Å². The molecule has 20 heavy (non-hydrogen) atoms. The monoisotopic (exact) mass is 299 g/mol. The van der Waals surface area contributed by atoms with Crippen molar-refractivity contribution in [2.75, 3.05) is 5.75 Å². The predicted molar refractivity (Wildman–Crippen MR) is 74.4 cm³/mol. The predicted octanol–water partition coefficient (Wildman–Crippen LogP) is 1.75. The van der Waals surface area contributed by atoms with Crippen molar-refractivity contribution in [1.29, 1.82) is 0 Å². The van der Waals surface area contributed by atoms with Gasteiger partial charge in [-0.1, -0.05) is 18.2 Å². The summed E-state index contributed by atoms with van der Waals surface area (Å²) in [4.78, 5) is 12.2. The molecular formula is C14H18FNO3S. The first kappa shape index (κ1) is 15.0. The molecule has 0 unspecified atom stereocenters. The van der Waals surface area contributed by atoms with Crippen LogP contribution in [0.15, 0.2) is 24.3 Å². The van der Waals surface area contributed by atoms with E-state index in [9.17, 15) is 17.6 Å². The molecule has 1 aliphatic rings. The van der Waals surface area contributed by atoms with Crippen molar-refractivity contribution in [3.05, 3.63) is 35.6 Å². The number of rotatable bonds is 1. The van der Waals surface area contributed by atoms with Crippen LogP contribution in [0.4, 0.5) is 4.39 Å². The Morgan fingerprint density at radius 3 is 2.40 bits per heavy atom. The van der Waals surface area contributed by atoms with Crippen molar-refractivity contribution in [3.63, 3.8) is 0 Å². The van der Waals surface area contributed by atoms with Crippen LogP contribution in [0.3, 0.4) is 0 Å². The van der Waals surface area contributed by atoms with Crippen LogP contribution in [0.2, 0.25) is 0 Å². The highest BCUT2D eigenvalue weighted by atomic mass is 32.2. The molecule has 0 aliphatic carbocycles. The second-order valence-corrected chi connectivity index (χ2v) is 8.50. The van der Waals surface area contributed by atoms with E-state index in [-0.39, 0.29) is 12.2 Å². The quantitative estimate of drug-likeness (QED) is 0.859. The van der Waals surface area contributed by atoms with Gasteiger partial charge in [0.25, 0.3) is 0 Å². The summed E-state index contributed by atoms with van der Waals surface area (Å²) in [5.74, 6) is -1.21. The fraction of sp³-hybridized carbons (Fsp3) is 0.500. The maximum Gasteiger partial charge on any atom is 0.241 e. The number of carbonyl (C=O) groups excluding carboxylic acids is 1. The third-order valence-electron chi connectivity index (χ3n) is 4.05. The van der Waals surface area contributed by atoms with Crippen LogP contribution in [-0.2, 0) is 20.2 Å². The number of nitrogens with one attached hydrogen (secondary N) is 1. The van der Waals surface area contributed by atoms with Gasteiger partial charge in [0, 0.05) is 5.56 Å². The molecule has 0 saturated carbocycles.